The molecule has 0 spiro atoms. The monoisotopic (exact) mass is 445 g/mol. The van der Waals surface area contributed by atoms with Gasteiger partial charge in [-0.05, 0) is 43.6 Å². The number of aliphatic hydroxyl groups is 1. The maximum Gasteiger partial charge on any atom is 0.248 e. The summed E-state index contributed by atoms with van der Waals surface area (Å²) in [5.41, 5.74) is 1.13. The zero-order valence-corrected chi connectivity index (χ0v) is 20.0. The van der Waals surface area contributed by atoms with Crippen LogP contribution in [0.5, 0.6) is 0 Å². The highest BCUT2D eigenvalue weighted by Gasteiger charge is 2.43. The summed E-state index contributed by atoms with van der Waals surface area (Å²) in [5, 5.41) is 15.9. The Kier molecular flexibility index (Phi) is 9.69. The lowest BCUT2D eigenvalue weighted by atomic mass is 9.93. The van der Waals surface area contributed by atoms with E-state index in [9.17, 15) is 19.5 Å². The minimum absolute atomic E-state index is 0.184. The zero-order chi connectivity index (χ0) is 23.8. The van der Waals surface area contributed by atoms with E-state index in [4.69, 9.17) is 0 Å². The van der Waals surface area contributed by atoms with Crippen LogP contribution < -0.4 is 10.6 Å². The number of aliphatic hydroxyl groups excluding tert-OH is 1. The van der Waals surface area contributed by atoms with Crippen molar-refractivity contribution in [2.24, 2.45) is 17.8 Å². The van der Waals surface area contributed by atoms with Crippen molar-refractivity contribution in [2.45, 2.75) is 72.1 Å². The number of likely N-dealkylation sites (tertiary alicyclic amines) is 1. The summed E-state index contributed by atoms with van der Waals surface area (Å²) < 4.78 is 0. The summed E-state index contributed by atoms with van der Waals surface area (Å²) in [7, 11) is 0. The second-order valence-electron chi connectivity index (χ2n) is 9.31. The molecule has 0 radical (unpaired) electrons. The van der Waals surface area contributed by atoms with Crippen LogP contribution in [0.2, 0.25) is 0 Å². The summed E-state index contributed by atoms with van der Waals surface area (Å²) in [4.78, 5) is 40.4. The number of carbonyl (C=O) groups is 3. The molecule has 1 aliphatic rings. The van der Waals surface area contributed by atoms with Crippen molar-refractivity contribution >= 4 is 17.7 Å². The molecule has 7 nitrogen and oxygen atoms in total. The molecule has 178 valence electrons. The first-order valence-corrected chi connectivity index (χ1v) is 11.8. The van der Waals surface area contributed by atoms with Crippen molar-refractivity contribution in [2.75, 3.05) is 13.1 Å². The molecule has 32 heavy (non-hydrogen) atoms. The molecule has 2 rings (SSSR count). The highest BCUT2D eigenvalue weighted by molar-refractivity contribution is 5.93. The van der Waals surface area contributed by atoms with Crippen LogP contribution in [0.1, 0.15) is 53.0 Å². The van der Waals surface area contributed by atoms with Crippen LogP contribution in [0.25, 0.3) is 0 Å². The highest BCUT2D eigenvalue weighted by atomic mass is 16.3. The fourth-order valence-corrected chi connectivity index (χ4v) is 3.98. The van der Waals surface area contributed by atoms with Crippen LogP contribution in [-0.2, 0) is 20.8 Å². The lowest BCUT2D eigenvalue weighted by Gasteiger charge is -2.30. The first-order valence-electron chi connectivity index (χ1n) is 11.8. The molecule has 1 heterocycles. The summed E-state index contributed by atoms with van der Waals surface area (Å²) in [6, 6.07) is 8.24. The van der Waals surface area contributed by atoms with E-state index < -0.39 is 24.1 Å². The van der Waals surface area contributed by atoms with Gasteiger partial charge in [-0.2, -0.15) is 0 Å². The second kappa shape index (κ2) is 12.0. The molecule has 1 aromatic carbocycles. The van der Waals surface area contributed by atoms with Gasteiger partial charge in [-0.1, -0.05) is 58.0 Å². The summed E-state index contributed by atoms with van der Waals surface area (Å²) in [6.45, 7) is 10.3. The Labute approximate surface area is 191 Å². The number of nitrogens with one attached hydrogen (secondary N) is 2. The molecule has 0 aliphatic carbocycles. The van der Waals surface area contributed by atoms with Crippen molar-refractivity contribution in [3.63, 3.8) is 0 Å². The molecule has 0 unspecified atom stereocenters. The van der Waals surface area contributed by atoms with Gasteiger partial charge in [-0.3, -0.25) is 14.4 Å². The van der Waals surface area contributed by atoms with Gasteiger partial charge in [0.05, 0.1) is 6.10 Å². The van der Waals surface area contributed by atoms with Crippen LogP contribution >= 0.6 is 0 Å². The van der Waals surface area contributed by atoms with Gasteiger partial charge in [0, 0.05) is 19.0 Å². The molecule has 7 heteroatoms. The van der Waals surface area contributed by atoms with Crippen LogP contribution in [0.4, 0.5) is 0 Å². The maximum atomic E-state index is 13.4. The Balaban J connectivity index is 2.10. The fourth-order valence-electron chi connectivity index (χ4n) is 3.98. The van der Waals surface area contributed by atoms with Gasteiger partial charge in [-0.25, -0.2) is 0 Å². The first-order chi connectivity index (χ1) is 15.1. The Morgan fingerprint density at radius 3 is 2.34 bits per heavy atom. The molecule has 3 amide bonds. The Bertz CT molecular complexity index is 766. The van der Waals surface area contributed by atoms with Crippen molar-refractivity contribution in [1.29, 1.82) is 0 Å². The molecular weight excluding hydrogens is 406 g/mol. The third-order valence-corrected chi connectivity index (χ3v) is 6.52. The van der Waals surface area contributed by atoms with Crippen LogP contribution in [0, 0.1) is 17.8 Å². The minimum Gasteiger partial charge on any atom is -0.391 e. The van der Waals surface area contributed by atoms with Gasteiger partial charge in [0.1, 0.15) is 12.1 Å². The van der Waals surface area contributed by atoms with Gasteiger partial charge < -0.3 is 20.6 Å². The Morgan fingerprint density at radius 1 is 1.12 bits per heavy atom. The van der Waals surface area contributed by atoms with Gasteiger partial charge in [0.25, 0.3) is 0 Å². The van der Waals surface area contributed by atoms with Gasteiger partial charge >= 0.3 is 0 Å². The van der Waals surface area contributed by atoms with E-state index >= 15 is 0 Å². The lowest BCUT2D eigenvalue weighted by molar-refractivity contribution is -0.144. The number of hydrogen-bond donors (Lipinski definition) is 3. The van der Waals surface area contributed by atoms with E-state index in [1.54, 1.807) is 11.8 Å². The Morgan fingerprint density at radius 2 is 1.78 bits per heavy atom. The quantitative estimate of drug-likeness (QED) is 0.514. The molecule has 0 aromatic heterocycles. The topological polar surface area (TPSA) is 98.7 Å². The summed E-state index contributed by atoms with van der Waals surface area (Å²) in [6.07, 6.45) is 0.863. The average molecular weight is 446 g/mol. The number of rotatable bonds is 10. The van der Waals surface area contributed by atoms with E-state index in [-0.39, 0.29) is 23.7 Å². The van der Waals surface area contributed by atoms with E-state index in [0.717, 1.165) is 5.56 Å². The molecule has 0 saturated carbocycles. The SMILES string of the molecule is CC[C@@H](C)C(=O)N[C@H](C(=O)N1C[C@@H](C(C)C)C[C@H]1C(=O)NCCc1ccccc1)[C@H](C)O. The number of nitrogens with zero attached hydrogens (tertiary/aromatic N) is 1. The smallest absolute Gasteiger partial charge is 0.248 e. The molecular formula is C25H39N3O4. The molecule has 1 saturated heterocycles. The van der Waals surface area contributed by atoms with Crippen LogP contribution in [-0.4, -0.2) is 59.0 Å². The fraction of sp³-hybridized carbons (Fsp3) is 0.640. The third-order valence-electron chi connectivity index (χ3n) is 6.52. The van der Waals surface area contributed by atoms with Crippen LogP contribution in [0.3, 0.4) is 0 Å². The molecule has 1 aliphatic heterocycles. The number of benzene rings is 1. The first kappa shape index (κ1) is 25.8. The number of amides is 3. The predicted molar refractivity (Wildman–Crippen MR) is 125 cm³/mol. The maximum absolute atomic E-state index is 13.4. The summed E-state index contributed by atoms with van der Waals surface area (Å²) >= 11 is 0. The zero-order valence-electron chi connectivity index (χ0n) is 20.0. The molecule has 3 N–H and O–H groups in total. The molecule has 1 fully saturated rings. The highest BCUT2D eigenvalue weighted by Crippen LogP contribution is 2.30. The van der Waals surface area contributed by atoms with Gasteiger partial charge in [0.2, 0.25) is 17.7 Å². The second-order valence-corrected chi connectivity index (χ2v) is 9.31. The lowest BCUT2D eigenvalue weighted by Crippen LogP contribution is -2.57. The number of hydrogen-bond acceptors (Lipinski definition) is 4. The largest absolute Gasteiger partial charge is 0.391 e. The van der Waals surface area contributed by atoms with Crippen LogP contribution in [0.15, 0.2) is 30.3 Å². The van der Waals surface area contributed by atoms with E-state index in [1.165, 1.54) is 6.92 Å². The van der Waals surface area contributed by atoms with Gasteiger partial charge in [-0.15, -0.1) is 0 Å². The van der Waals surface area contributed by atoms with Crippen molar-refractivity contribution < 1.29 is 19.5 Å². The van der Waals surface area contributed by atoms with E-state index in [2.05, 4.69) is 24.5 Å². The average Bonchev–Trinajstić information content (AvgIpc) is 3.22. The molecule has 1 aromatic rings. The number of carbonyl (C=O) groups excluding carboxylic acids is 3. The molecule has 0 bridgehead atoms. The van der Waals surface area contributed by atoms with Crippen molar-refractivity contribution in [3.8, 4) is 0 Å². The molecule has 5 atom stereocenters. The predicted octanol–water partition coefficient (Wildman–Crippen LogP) is 2.13. The van der Waals surface area contributed by atoms with Gasteiger partial charge in [0.15, 0.2) is 0 Å². The summed E-state index contributed by atoms with van der Waals surface area (Å²) in [5.74, 6) is -0.618. The third kappa shape index (κ3) is 6.79. The normalized spacial score (nSPS) is 21.2. The van der Waals surface area contributed by atoms with E-state index in [0.29, 0.717) is 38.3 Å². The standard InChI is InChI=1S/C25H39N3O4/c1-6-17(4)23(30)27-22(18(5)29)25(32)28-15-20(16(2)3)14-21(28)24(31)26-13-12-19-10-8-7-9-11-19/h7-11,16-18,20-22,29H,6,12-15H2,1-5H3,(H,26,31)(H,27,30)/t17-,18+,20+,21+,22+/m1/s1. The van der Waals surface area contributed by atoms with E-state index in [1.807, 2.05) is 37.3 Å². The minimum atomic E-state index is -1.07. The van der Waals surface area contributed by atoms with Crippen molar-refractivity contribution in [3.05, 3.63) is 35.9 Å². The van der Waals surface area contributed by atoms with Crippen molar-refractivity contribution in [1.82, 2.24) is 15.5 Å². The Hall–Kier alpha value is -2.41.